The minimum Gasteiger partial charge on any atom is -0.453 e. The van der Waals surface area contributed by atoms with Crippen LogP contribution in [0.25, 0.3) is 0 Å². The first kappa shape index (κ1) is 13.5. The molecular formula is C11H11F3O3. The summed E-state index contributed by atoms with van der Waals surface area (Å²) in [7, 11) is 0. The highest BCUT2D eigenvalue weighted by Gasteiger charge is 2.48. The third-order valence-corrected chi connectivity index (χ3v) is 2.13. The van der Waals surface area contributed by atoms with E-state index < -0.39 is 24.4 Å². The third-order valence-electron chi connectivity index (χ3n) is 2.13. The van der Waals surface area contributed by atoms with E-state index in [1.165, 1.54) is 6.92 Å². The van der Waals surface area contributed by atoms with Crippen LogP contribution in [-0.4, -0.2) is 23.4 Å². The Morgan fingerprint density at radius 3 is 2.35 bits per heavy atom. The standard InChI is InChI=1S/C11H11F3O3/c1-7(8-5-3-2-4-6-8)17-10(15)11(14,16)9(12)13/h2-7,9,16H,1H3/t7-,11?/m0/s1. The van der Waals surface area contributed by atoms with E-state index in [4.69, 9.17) is 5.11 Å². The van der Waals surface area contributed by atoms with E-state index in [1.54, 1.807) is 30.3 Å². The van der Waals surface area contributed by atoms with Gasteiger partial charge in [-0.15, -0.1) is 0 Å². The van der Waals surface area contributed by atoms with E-state index in [-0.39, 0.29) is 0 Å². The molecule has 1 unspecified atom stereocenters. The third kappa shape index (κ3) is 3.20. The van der Waals surface area contributed by atoms with Crippen molar-refractivity contribution in [2.75, 3.05) is 0 Å². The van der Waals surface area contributed by atoms with Crippen LogP contribution in [0, 0.1) is 0 Å². The highest BCUT2D eigenvalue weighted by molar-refractivity contribution is 5.78. The van der Waals surface area contributed by atoms with Crippen LogP contribution in [0.1, 0.15) is 18.6 Å². The summed E-state index contributed by atoms with van der Waals surface area (Å²) in [6, 6.07) is 8.17. The molecule has 0 saturated heterocycles. The predicted molar refractivity (Wildman–Crippen MR) is 53.0 cm³/mol. The van der Waals surface area contributed by atoms with Crippen molar-refractivity contribution < 1.29 is 27.8 Å². The number of esters is 1. The molecule has 6 heteroatoms. The van der Waals surface area contributed by atoms with Crippen LogP contribution in [0.2, 0.25) is 0 Å². The molecule has 2 atom stereocenters. The van der Waals surface area contributed by atoms with Gasteiger partial charge in [0, 0.05) is 0 Å². The van der Waals surface area contributed by atoms with E-state index >= 15 is 0 Å². The normalized spacial score (nSPS) is 16.4. The molecule has 0 fully saturated rings. The fourth-order valence-corrected chi connectivity index (χ4v) is 1.12. The van der Waals surface area contributed by atoms with Crippen molar-refractivity contribution >= 4 is 5.97 Å². The Kier molecular flexibility index (Phi) is 4.11. The summed E-state index contributed by atoms with van der Waals surface area (Å²) in [5, 5.41) is 8.56. The van der Waals surface area contributed by atoms with Crippen LogP contribution in [0.5, 0.6) is 0 Å². The lowest BCUT2D eigenvalue weighted by atomic mass is 10.1. The first-order chi connectivity index (χ1) is 7.85. The highest BCUT2D eigenvalue weighted by atomic mass is 19.3. The van der Waals surface area contributed by atoms with Gasteiger partial charge in [-0.25, -0.2) is 13.6 Å². The van der Waals surface area contributed by atoms with Gasteiger partial charge < -0.3 is 9.84 Å². The summed E-state index contributed by atoms with van der Waals surface area (Å²) in [5.74, 6) is -6.27. The summed E-state index contributed by atoms with van der Waals surface area (Å²) in [4.78, 5) is 11.0. The molecule has 0 amide bonds. The minimum atomic E-state index is -4.27. The Labute approximate surface area is 95.8 Å². The zero-order chi connectivity index (χ0) is 13.1. The average Bonchev–Trinajstić information content (AvgIpc) is 2.29. The number of aliphatic hydroxyl groups is 1. The van der Waals surface area contributed by atoms with Crippen molar-refractivity contribution in [1.82, 2.24) is 0 Å². The number of rotatable bonds is 4. The second kappa shape index (κ2) is 5.18. The highest BCUT2D eigenvalue weighted by Crippen LogP contribution is 2.24. The lowest BCUT2D eigenvalue weighted by molar-refractivity contribution is -0.222. The first-order valence-corrected chi connectivity index (χ1v) is 4.81. The maximum atomic E-state index is 12.8. The van der Waals surface area contributed by atoms with E-state index in [1.807, 2.05) is 0 Å². The maximum absolute atomic E-state index is 12.8. The number of hydrogen-bond acceptors (Lipinski definition) is 3. The predicted octanol–water partition coefficient (Wildman–Crippen LogP) is 2.21. The number of alkyl halides is 3. The lowest BCUT2D eigenvalue weighted by Crippen LogP contribution is -2.42. The Bertz CT molecular complexity index is 379. The van der Waals surface area contributed by atoms with E-state index in [9.17, 15) is 18.0 Å². The van der Waals surface area contributed by atoms with Gasteiger partial charge in [-0.05, 0) is 12.5 Å². The van der Waals surface area contributed by atoms with Crippen molar-refractivity contribution in [1.29, 1.82) is 0 Å². The second-order valence-corrected chi connectivity index (χ2v) is 3.43. The van der Waals surface area contributed by atoms with Crippen molar-refractivity contribution in [2.45, 2.75) is 25.3 Å². The number of carbonyl (C=O) groups is 1. The summed E-state index contributed by atoms with van der Waals surface area (Å²) in [5.41, 5.74) is 0.505. The van der Waals surface area contributed by atoms with Gasteiger partial charge in [0.15, 0.2) is 0 Å². The number of hydrogen-bond donors (Lipinski definition) is 1. The van der Waals surface area contributed by atoms with E-state index in [2.05, 4.69) is 4.74 Å². The molecule has 1 N–H and O–H groups in total. The molecule has 0 aliphatic rings. The molecule has 3 nitrogen and oxygen atoms in total. The van der Waals surface area contributed by atoms with Gasteiger partial charge in [0.05, 0.1) is 0 Å². The first-order valence-electron chi connectivity index (χ1n) is 4.81. The topological polar surface area (TPSA) is 46.5 Å². The number of carbonyl (C=O) groups excluding carboxylic acids is 1. The van der Waals surface area contributed by atoms with Gasteiger partial charge in [-0.2, -0.15) is 4.39 Å². The summed E-state index contributed by atoms with van der Waals surface area (Å²) < 4.78 is 41.2. The minimum absolute atomic E-state index is 0.505. The Hall–Kier alpha value is -1.56. The number of benzene rings is 1. The zero-order valence-corrected chi connectivity index (χ0v) is 8.94. The van der Waals surface area contributed by atoms with Crippen molar-refractivity contribution in [3.05, 3.63) is 35.9 Å². The molecule has 0 spiro atoms. The Morgan fingerprint density at radius 2 is 1.88 bits per heavy atom. The molecule has 0 aliphatic carbocycles. The molecule has 1 rings (SSSR count). The molecule has 0 bridgehead atoms. The SMILES string of the molecule is C[C@H](OC(=O)C(O)(F)C(F)F)c1ccccc1. The van der Waals surface area contributed by atoms with Crippen molar-refractivity contribution in [3.63, 3.8) is 0 Å². The van der Waals surface area contributed by atoms with Gasteiger partial charge in [0.25, 0.3) is 0 Å². The molecule has 0 saturated carbocycles. The molecule has 0 aromatic heterocycles. The van der Waals surface area contributed by atoms with E-state index in [0.29, 0.717) is 5.56 Å². The van der Waals surface area contributed by atoms with Gasteiger partial charge in [0.1, 0.15) is 6.10 Å². The van der Waals surface area contributed by atoms with Crippen LogP contribution in [0.4, 0.5) is 13.2 Å². The van der Waals surface area contributed by atoms with Gasteiger partial charge in [-0.3, -0.25) is 0 Å². The molecule has 1 aromatic rings. The largest absolute Gasteiger partial charge is 0.453 e. The molecule has 0 radical (unpaired) electrons. The second-order valence-electron chi connectivity index (χ2n) is 3.43. The lowest BCUT2D eigenvalue weighted by Gasteiger charge is -2.19. The monoisotopic (exact) mass is 248 g/mol. The van der Waals surface area contributed by atoms with E-state index in [0.717, 1.165) is 0 Å². The van der Waals surface area contributed by atoms with Gasteiger partial charge in [0.2, 0.25) is 0 Å². The van der Waals surface area contributed by atoms with Crippen molar-refractivity contribution in [2.24, 2.45) is 0 Å². The maximum Gasteiger partial charge on any atom is 0.378 e. The fraction of sp³-hybridized carbons (Fsp3) is 0.364. The summed E-state index contributed by atoms with van der Waals surface area (Å²) >= 11 is 0. The van der Waals surface area contributed by atoms with Crippen LogP contribution < -0.4 is 0 Å². The molecule has 1 aromatic carbocycles. The molecule has 0 aliphatic heterocycles. The summed E-state index contributed by atoms with van der Waals surface area (Å²) in [6.45, 7) is 1.38. The Balaban J connectivity index is 2.70. The van der Waals surface area contributed by atoms with Crippen molar-refractivity contribution in [3.8, 4) is 0 Å². The quantitative estimate of drug-likeness (QED) is 0.831. The molecule has 17 heavy (non-hydrogen) atoms. The van der Waals surface area contributed by atoms with Crippen LogP contribution in [0.15, 0.2) is 30.3 Å². The summed E-state index contributed by atoms with van der Waals surface area (Å²) in [6.07, 6.45) is -4.78. The van der Waals surface area contributed by atoms with Crippen LogP contribution in [0.3, 0.4) is 0 Å². The molecular weight excluding hydrogens is 237 g/mol. The number of halogens is 3. The zero-order valence-electron chi connectivity index (χ0n) is 8.94. The van der Waals surface area contributed by atoms with Gasteiger partial charge in [-0.1, -0.05) is 30.3 Å². The van der Waals surface area contributed by atoms with Crippen LogP contribution in [-0.2, 0) is 9.53 Å². The average molecular weight is 248 g/mol. The smallest absolute Gasteiger partial charge is 0.378 e. The Morgan fingerprint density at radius 1 is 1.35 bits per heavy atom. The number of ether oxygens (including phenoxy) is 1. The molecule has 94 valence electrons. The van der Waals surface area contributed by atoms with Crippen LogP contribution >= 0.6 is 0 Å². The van der Waals surface area contributed by atoms with Gasteiger partial charge >= 0.3 is 18.2 Å². The fourth-order valence-electron chi connectivity index (χ4n) is 1.12. The molecule has 0 heterocycles.